The van der Waals surface area contributed by atoms with Crippen LogP contribution < -0.4 is 16.0 Å². The van der Waals surface area contributed by atoms with Crippen molar-refractivity contribution in [1.29, 1.82) is 0 Å². The largest absolute Gasteiger partial charge is 0.494 e. The van der Waals surface area contributed by atoms with Crippen LogP contribution in [0.3, 0.4) is 0 Å². The van der Waals surface area contributed by atoms with Crippen LogP contribution in [0.4, 0.5) is 0 Å². The SMILES string of the molecule is NNC(CCOc1ccccc1)c1occc1Br. The lowest BCUT2D eigenvalue weighted by Crippen LogP contribution is -2.29. The van der Waals surface area contributed by atoms with Gasteiger partial charge in [0.15, 0.2) is 0 Å². The maximum absolute atomic E-state index is 5.62. The Bertz CT molecular complexity index is 473. The van der Waals surface area contributed by atoms with Crippen molar-refractivity contribution in [2.75, 3.05) is 6.61 Å². The van der Waals surface area contributed by atoms with Crippen LogP contribution in [0.1, 0.15) is 18.2 Å². The summed E-state index contributed by atoms with van der Waals surface area (Å²) in [5, 5.41) is 0. The second-order valence-electron chi connectivity index (χ2n) is 3.80. The van der Waals surface area contributed by atoms with Gasteiger partial charge in [0.2, 0.25) is 0 Å². The van der Waals surface area contributed by atoms with Crippen LogP contribution in [0.15, 0.2) is 51.6 Å². The molecule has 5 heteroatoms. The summed E-state index contributed by atoms with van der Waals surface area (Å²) in [5.41, 5.74) is 2.73. The molecule has 96 valence electrons. The summed E-state index contributed by atoms with van der Waals surface area (Å²) in [6, 6.07) is 11.5. The highest BCUT2D eigenvalue weighted by atomic mass is 79.9. The number of ether oxygens (including phenoxy) is 1. The quantitative estimate of drug-likeness (QED) is 0.636. The van der Waals surface area contributed by atoms with Gasteiger partial charge < -0.3 is 9.15 Å². The molecule has 18 heavy (non-hydrogen) atoms. The lowest BCUT2D eigenvalue weighted by molar-refractivity contribution is 0.274. The van der Waals surface area contributed by atoms with Crippen molar-refractivity contribution in [2.24, 2.45) is 5.84 Å². The van der Waals surface area contributed by atoms with Gasteiger partial charge in [0.1, 0.15) is 11.5 Å². The summed E-state index contributed by atoms with van der Waals surface area (Å²) in [6.45, 7) is 0.562. The molecule has 1 unspecified atom stereocenters. The normalized spacial score (nSPS) is 12.3. The second kappa shape index (κ2) is 6.58. The molecule has 0 amide bonds. The molecule has 0 bridgehead atoms. The summed E-state index contributed by atoms with van der Waals surface area (Å²) in [7, 11) is 0. The van der Waals surface area contributed by atoms with E-state index < -0.39 is 0 Å². The first-order chi connectivity index (χ1) is 8.81. The highest BCUT2D eigenvalue weighted by molar-refractivity contribution is 9.10. The molecule has 2 aromatic rings. The minimum absolute atomic E-state index is 0.0712. The van der Waals surface area contributed by atoms with Crippen LogP contribution in [0.25, 0.3) is 0 Å². The van der Waals surface area contributed by atoms with Crippen molar-refractivity contribution in [3.8, 4) is 5.75 Å². The first-order valence-electron chi connectivity index (χ1n) is 5.68. The number of rotatable bonds is 6. The van der Waals surface area contributed by atoms with Crippen molar-refractivity contribution in [3.63, 3.8) is 0 Å². The third kappa shape index (κ3) is 3.35. The van der Waals surface area contributed by atoms with E-state index in [1.807, 2.05) is 36.4 Å². The molecule has 0 aliphatic carbocycles. The Labute approximate surface area is 114 Å². The van der Waals surface area contributed by atoms with Gasteiger partial charge in [-0.05, 0) is 34.1 Å². The average molecular weight is 311 g/mol. The summed E-state index contributed by atoms with van der Waals surface area (Å²) in [6.07, 6.45) is 2.35. The molecule has 0 radical (unpaired) electrons. The Morgan fingerprint density at radius 3 is 2.67 bits per heavy atom. The van der Waals surface area contributed by atoms with Gasteiger partial charge in [-0.25, -0.2) is 5.43 Å². The zero-order valence-corrected chi connectivity index (χ0v) is 11.4. The molecule has 1 aromatic carbocycles. The molecule has 3 N–H and O–H groups in total. The Morgan fingerprint density at radius 1 is 1.28 bits per heavy atom. The summed E-state index contributed by atoms with van der Waals surface area (Å²) >= 11 is 3.41. The third-order valence-electron chi connectivity index (χ3n) is 2.58. The van der Waals surface area contributed by atoms with Gasteiger partial charge in [-0.1, -0.05) is 18.2 Å². The highest BCUT2D eigenvalue weighted by Crippen LogP contribution is 2.26. The van der Waals surface area contributed by atoms with Gasteiger partial charge in [0, 0.05) is 6.42 Å². The van der Waals surface area contributed by atoms with Crippen LogP contribution >= 0.6 is 15.9 Å². The molecule has 0 aliphatic rings. The zero-order chi connectivity index (χ0) is 12.8. The maximum atomic E-state index is 5.62. The fourth-order valence-electron chi connectivity index (χ4n) is 1.66. The van der Waals surface area contributed by atoms with Crippen LogP contribution in [-0.2, 0) is 0 Å². The summed E-state index contributed by atoms with van der Waals surface area (Å²) in [5.74, 6) is 7.17. The number of benzene rings is 1. The maximum Gasteiger partial charge on any atom is 0.136 e. The number of furan rings is 1. The minimum Gasteiger partial charge on any atom is -0.494 e. The number of hydrogen-bond donors (Lipinski definition) is 2. The van der Waals surface area contributed by atoms with Crippen molar-refractivity contribution >= 4 is 15.9 Å². The van der Waals surface area contributed by atoms with E-state index in [0.717, 1.165) is 22.4 Å². The standard InChI is InChI=1S/C13H15BrN2O2/c14-11-6-8-18-13(11)12(16-15)7-9-17-10-4-2-1-3-5-10/h1-6,8,12,16H,7,9,15H2. The number of nitrogens with one attached hydrogen (secondary N) is 1. The Balaban J connectivity index is 1.87. The van der Waals surface area contributed by atoms with E-state index in [1.54, 1.807) is 6.26 Å². The van der Waals surface area contributed by atoms with E-state index >= 15 is 0 Å². The summed E-state index contributed by atoms with van der Waals surface area (Å²) in [4.78, 5) is 0. The van der Waals surface area contributed by atoms with Crippen LogP contribution in [0.5, 0.6) is 5.75 Å². The van der Waals surface area contributed by atoms with Crippen molar-refractivity contribution in [3.05, 3.63) is 52.9 Å². The predicted octanol–water partition coefficient (Wildman–Crippen LogP) is 3.02. The van der Waals surface area contributed by atoms with Crippen molar-refractivity contribution in [2.45, 2.75) is 12.5 Å². The molecule has 4 nitrogen and oxygen atoms in total. The fourth-order valence-corrected chi connectivity index (χ4v) is 2.13. The molecule has 0 saturated heterocycles. The number of hydrazine groups is 1. The third-order valence-corrected chi connectivity index (χ3v) is 3.24. The molecular formula is C13H15BrN2O2. The molecule has 0 spiro atoms. The van der Waals surface area contributed by atoms with E-state index in [-0.39, 0.29) is 6.04 Å². The van der Waals surface area contributed by atoms with Gasteiger partial charge >= 0.3 is 0 Å². The van der Waals surface area contributed by atoms with E-state index in [0.29, 0.717) is 6.61 Å². The molecule has 1 atom stereocenters. The molecule has 1 aromatic heterocycles. The molecule has 0 aliphatic heterocycles. The van der Waals surface area contributed by atoms with Gasteiger partial charge in [0.25, 0.3) is 0 Å². The van der Waals surface area contributed by atoms with E-state index in [9.17, 15) is 0 Å². The monoisotopic (exact) mass is 310 g/mol. The first kappa shape index (κ1) is 13.1. The zero-order valence-electron chi connectivity index (χ0n) is 9.80. The summed E-state index contributed by atoms with van der Waals surface area (Å²) < 4.78 is 11.9. The van der Waals surface area contributed by atoms with Gasteiger partial charge in [-0.15, -0.1) is 0 Å². The Hall–Kier alpha value is -1.30. The van der Waals surface area contributed by atoms with Crippen molar-refractivity contribution < 1.29 is 9.15 Å². The number of halogens is 1. The van der Waals surface area contributed by atoms with E-state index in [2.05, 4.69) is 21.4 Å². The fraction of sp³-hybridized carbons (Fsp3) is 0.231. The number of nitrogens with two attached hydrogens (primary N) is 1. The number of hydrogen-bond acceptors (Lipinski definition) is 4. The van der Waals surface area contributed by atoms with Gasteiger partial charge in [-0.2, -0.15) is 0 Å². The molecule has 2 rings (SSSR count). The number of para-hydroxylation sites is 1. The van der Waals surface area contributed by atoms with Crippen molar-refractivity contribution in [1.82, 2.24) is 5.43 Å². The molecule has 1 heterocycles. The Kier molecular flexibility index (Phi) is 4.81. The molecular weight excluding hydrogens is 296 g/mol. The lowest BCUT2D eigenvalue weighted by Gasteiger charge is -2.14. The highest BCUT2D eigenvalue weighted by Gasteiger charge is 2.16. The Morgan fingerprint density at radius 2 is 2.06 bits per heavy atom. The van der Waals surface area contributed by atoms with E-state index in [1.165, 1.54) is 0 Å². The van der Waals surface area contributed by atoms with Crippen LogP contribution in [-0.4, -0.2) is 6.61 Å². The van der Waals surface area contributed by atoms with Gasteiger partial charge in [0.05, 0.1) is 23.4 Å². The molecule has 0 fully saturated rings. The smallest absolute Gasteiger partial charge is 0.136 e. The first-order valence-corrected chi connectivity index (χ1v) is 6.47. The van der Waals surface area contributed by atoms with Crippen LogP contribution in [0, 0.1) is 0 Å². The van der Waals surface area contributed by atoms with E-state index in [4.69, 9.17) is 15.0 Å². The minimum atomic E-state index is -0.0712. The molecule has 0 saturated carbocycles. The second-order valence-corrected chi connectivity index (χ2v) is 4.66. The van der Waals surface area contributed by atoms with Crippen LogP contribution in [0.2, 0.25) is 0 Å². The lowest BCUT2D eigenvalue weighted by atomic mass is 10.2. The van der Waals surface area contributed by atoms with Gasteiger partial charge in [-0.3, -0.25) is 5.84 Å². The topological polar surface area (TPSA) is 60.4 Å². The predicted molar refractivity (Wildman–Crippen MR) is 73.0 cm³/mol. The average Bonchev–Trinajstić information content (AvgIpc) is 2.82.